The first-order valence-electron chi connectivity index (χ1n) is 6.66. The predicted molar refractivity (Wildman–Crippen MR) is 84.5 cm³/mol. The van der Waals surface area contributed by atoms with Crippen LogP contribution in [0.4, 0.5) is 13.2 Å². The zero-order valence-electron chi connectivity index (χ0n) is 11.9. The monoisotopic (exact) mass is 325 g/mol. The highest BCUT2D eigenvalue weighted by atomic mass is 35.5. The first-order valence-corrected chi connectivity index (χ1v) is 6.66. The number of aryl methyl sites for hydroxylation is 1. The highest BCUT2D eigenvalue weighted by Gasteiger charge is 2.29. The highest BCUT2D eigenvalue weighted by molar-refractivity contribution is 5.85. The fraction of sp³-hybridized carbons (Fsp3) is 0.176. The first-order chi connectivity index (χ1) is 9.93. The van der Waals surface area contributed by atoms with Crippen LogP contribution in [-0.2, 0) is 12.6 Å². The minimum atomic E-state index is -4.28. The van der Waals surface area contributed by atoms with Gasteiger partial charge in [-0.2, -0.15) is 13.2 Å². The highest BCUT2D eigenvalue weighted by Crippen LogP contribution is 2.30. The van der Waals surface area contributed by atoms with E-state index in [0.717, 1.165) is 39.7 Å². The number of fused-ring (bicyclic) bond motifs is 1. The van der Waals surface area contributed by atoms with Gasteiger partial charge in [0.15, 0.2) is 0 Å². The van der Waals surface area contributed by atoms with E-state index in [1.807, 2.05) is 25.3 Å². The van der Waals surface area contributed by atoms with Crippen LogP contribution in [0.15, 0.2) is 48.7 Å². The molecule has 0 saturated heterocycles. The summed E-state index contributed by atoms with van der Waals surface area (Å²) in [5.74, 6) is 0. The number of aromatic amines is 1. The molecule has 0 spiro atoms. The van der Waals surface area contributed by atoms with Crippen molar-refractivity contribution in [1.29, 1.82) is 0 Å². The van der Waals surface area contributed by atoms with Crippen molar-refractivity contribution in [3.63, 3.8) is 0 Å². The van der Waals surface area contributed by atoms with Gasteiger partial charge < -0.3 is 4.98 Å². The average molecular weight is 326 g/mol. The van der Waals surface area contributed by atoms with Crippen molar-refractivity contribution in [2.45, 2.75) is 19.5 Å². The summed E-state index contributed by atoms with van der Waals surface area (Å²) in [6, 6.07) is 11.5. The summed E-state index contributed by atoms with van der Waals surface area (Å²) in [5, 5.41) is 1.12. The third kappa shape index (κ3) is 3.28. The molecule has 0 unspecified atom stereocenters. The molecule has 1 N–H and O–H groups in total. The minimum absolute atomic E-state index is 0. The topological polar surface area (TPSA) is 15.8 Å². The standard InChI is InChI=1S/C17H14F3N.ClH/c1-11-2-7-16-15(8-11)13(10-21-16)9-12-3-5-14(6-4-12)17(18,19)20;/h2-8,10,21H,9H2,1H3;1H. The van der Waals surface area contributed by atoms with Crippen molar-refractivity contribution in [3.05, 3.63) is 70.9 Å². The van der Waals surface area contributed by atoms with E-state index in [1.54, 1.807) is 0 Å². The summed E-state index contributed by atoms with van der Waals surface area (Å²) in [6.07, 6.45) is -1.75. The molecule has 0 atom stereocenters. The maximum atomic E-state index is 12.5. The Bertz CT molecular complexity index is 773. The van der Waals surface area contributed by atoms with Crippen LogP contribution >= 0.6 is 12.4 Å². The van der Waals surface area contributed by atoms with Gasteiger partial charge in [0.1, 0.15) is 0 Å². The molecule has 22 heavy (non-hydrogen) atoms. The van der Waals surface area contributed by atoms with E-state index >= 15 is 0 Å². The van der Waals surface area contributed by atoms with E-state index in [-0.39, 0.29) is 12.4 Å². The Hall–Kier alpha value is -1.94. The number of rotatable bonds is 2. The van der Waals surface area contributed by atoms with Crippen LogP contribution in [0, 0.1) is 6.92 Å². The third-order valence-electron chi connectivity index (χ3n) is 3.60. The summed E-state index contributed by atoms with van der Waals surface area (Å²) >= 11 is 0. The molecule has 3 rings (SSSR count). The van der Waals surface area contributed by atoms with E-state index in [0.29, 0.717) is 6.42 Å². The first kappa shape index (κ1) is 16.4. The largest absolute Gasteiger partial charge is 0.416 e. The summed E-state index contributed by atoms with van der Waals surface area (Å²) in [7, 11) is 0. The van der Waals surface area contributed by atoms with Gasteiger partial charge in [0.25, 0.3) is 0 Å². The maximum absolute atomic E-state index is 12.5. The van der Waals surface area contributed by atoms with Gasteiger partial charge in [-0.3, -0.25) is 0 Å². The molecule has 3 aromatic rings. The molecule has 1 aromatic heterocycles. The Morgan fingerprint density at radius 1 is 1.00 bits per heavy atom. The van der Waals surface area contributed by atoms with Crippen LogP contribution in [0.5, 0.6) is 0 Å². The van der Waals surface area contributed by atoms with Crippen LogP contribution < -0.4 is 0 Å². The SMILES string of the molecule is Cc1ccc2[nH]cc(Cc3ccc(C(F)(F)F)cc3)c2c1.Cl. The molecular weight excluding hydrogens is 311 g/mol. The molecule has 0 radical (unpaired) electrons. The van der Waals surface area contributed by atoms with Crippen molar-refractivity contribution in [1.82, 2.24) is 4.98 Å². The van der Waals surface area contributed by atoms with Gasteiger partial charge in [-0.05, 0) is 48.7 Å². The van der Waals surface area contributed by atoms with Crippen LogP contribution in [0.25, 0.3) is 10.9 Å². The normalized spacial score (nSPS) is 11.5. The maximum Gasteiger partial charge on any atom is 0.416 e. The predicted octanol–water partition coefficient (Wildman–Crippen LogP) is 5.51. The molecule has 1 heterocycles. The van der Waals surface area contributed by atoms with Gasteiger partial charge in [0, 0.05) is 17.1 Å². The molecule has 0 saturated carbocycles. The zero-order chi connectivity index (χ0) is 15.0. The van der Waals surface area contributed by atoms with Gasteiger partial charge in [-0.25, -0.2) is 0 Å². The summed E-state index contributed by atoms with van der Waals surface area (Å²) < 4.78 is 37.6. The summed E-state index contributed by atoms with van der Waals surface area (Å²) in [5.41, 5.74) is 3.55. The minimum Gasteiger partial charge on any atom is -0.361 e. The van der Waals surface area contributed by atoms with Crippen molar-refractivity contribution in [3.8, 4) is 0 Å². The number of nitrogens with one attached hydrogen (secondary N) is 1. The van der Waals surface area contributed by atoms with Crippen LogP contribution in [0.3, 0.4) is 0 Å². The second-order valence-electron chi connectivity index (χ2n) is 5.23. The Morgan fingerprint density at radius 3 is 2.32 bits per heavy atom. The Labute approximate surface area is 132 Å². The number of benzene rings is 2. The fourth-order valence-electron chi connectivity index (χ4n) is 2.47. The average Bonchev–Trinajstić information content (AvgIpc) is 2.81. The van der Waals surface area contributed by atoms with Gasteiger partial charge in [-0.15, -0.1) is 12.4 Å². The molecule has 116 valence electrons. The lowest BCUT2D eigenvalue weighted by molar-refractivity contribution is -0.137. The molecule has 2 aromatic carbocycles. The Kier molecular flexibility index (Phi) is 4.52. The molecule has 0 amide bonds. The lowest BCUT2D eigenvalue weighted by Gasteiger charge is -2.07. The Balaban J connectivity index is 0.00000176. The van der Waals surface area contributed by atoms with Gasteiger partial charge in [0.05, 0.1) is 5.56 Å². The van der Waals surface area contributed by atoms with Gasteiger partial charge in [-0.1, -0.05) is 23.8 Å². The van der Waals surface area contributed by atoms with Gasteiger partial charge in [0.2, 0.25) is 0 Å². The molecule has 0 fully saturated rings. The van der Waals surface area contributed by atoms with Crippen molar-refractivity contribution in [2.75, 3.05) is 0 Å². The molecule has 5 heteroatoms. The quantitative estimate of drug-likeness (QED) is 0.639. The Morgan fingerprint density at radius 2 is 1.68 bits per heavy atom. The third-order valence-corrected chi connectivity index (χ3v) is 3.60. The fourth-order valence-corrected chi connectivity index (χ4v) is 2.47. The molecule has 0 aliphatic carbocycles. The lowest BCUT2D eigenvalue weighted by Crippen LogP contribution is -2.04. The van der Waals surface area contributed by atoms with Crippen molar-refractivity contribution >= 4 is 23.3 Å². The van der Waals surface area contributed by atoms with Gasteiger partial charge >= 0.3 is 6.18 Å². The van der Waals surface area contributed by atoms with Crippen LogP contribution in [-0.4, -0.2) is 4.98 Å². The smallest absolute Gasteiger partial charge is 0.361 e. The molecular formula is C17H15ClF3N. The molecule has 1 nitrogen and oxygen atoms in total. The van der Waals surface area contributed by atoms with E-state index in [1.165, 1.54) is 12.1 Å². The van der Waals surface area contributed by atoms with Crippen molar-refractivity contribution < 1.29 is 13.2 Å². The van der Waals surface area contributed by atoms with Crippen LogP contribution in [0.2, 0.25) is 0 Å². The van der Waals surface area contributed by atoms with Crippen LogP contribution in [0.1, 0.15) is 22.3 Å². The van der Waals surface area contributed by atoms with Crippen molar-refractivity contribution in [2.24, 2.45) is 0 Å². The number of alkyl halides is 3. The molecule has 0 aliphatic rings. The molecule has 0 aliphatic heterocycles. The summed E-state index contributed by atoms with van der Waals surface area (Å²) in [4.78, 5) is 3.19. The zero-order valence-corrected chi connectivity index (χ0v) is 12.7. The van der Waals surface area contributed by atoms with E-state index in [4.69, 9.17) is 0 Å². The number of aromatic nitrogens is 1. The van der Waals surface area contributed by atoms with E-state index in [9.17, 15) is 13.2 Å². The lowest BCUT2D eigenvalue weighted by atomic mass is 10.0. The second kappa shape index (κ2) is 6.05. The molecule has 0 bridgehead atoms. The number of hydrogen-bond acceptors (Lipinski definition) is 0. The number of halogens is 4. The number of H-pyrrole nitrogens is 1. The summed E-state index contributed by atoms with van der Waals surface area (Å²) in [6.45, 7) is 2.02. The van der Waals surface area contributed by atoms with E-state index < -0.39 is 11.7 Å². The number of hydrogen-bond donors (Lipinski definition) is 1. The van der Waals surface area contributed by atoms with E-state index in [2.05, 4.69) is 11.1 Å². The second-order valence-corrected chi connectivity index (χ2v) is 5.23.